The van der Waals surface area contributed by atoms with Crippen LogP contribution in [0.3, 0.4) is 0 Å². The quantitative estimate of drug-likeness (QED) is 0.476. The average molecular weight is 463 g/mol. The Labute approximate surface area is 177 Å². The fourth-order valence-corrected chi connectivity index (χ4v) is 3.69. The van der Waals surface area contributed by atoms with Crippen molar-refractivity contribution in [2.45, 2.75) is 39.4 Å². The largest absolute Gasteiger partial charge is 0.479 e. The predicted octanol–water partition coefficient (Wildman–Crippen LogP) is 6.57. The van der Waals surface area contributed by atoms with Gasteiger partial charge >= 0.3 is 5.97 Å². The van der Waals surface area contributed by atoms with Gasteiger partial charge in [-0.25, -0.2) is 4.79 Å². The summed E-state index contributed by atoms with van der Waals surface area (Å²) >= 11 is 9.59. The van der Waals surface area contributed by atoms with Crippen LogP contribution in [0.2, 0.25) is 5.02 Å². The summed E-state index contributed by atoms with van der Waals surface area (Å²) < 4.78 is 6.84. The lowest BCUT2D eigenvalue weighted by molar-refractivity contribution is -0.160. The van der Waals surface area contributed by atoms with E-state index in [2.05, 4.69) is 20.9 Å². The summed E-state index contributed by atoms with van der Waals surface area (Å²) in [6.45, 7) is 7.33. The van der Waals surface area contributed by atoms with E-state index in [9.17, 15) is 9.90 Å². The number of halogens is 2. The second-order valence-corrected chi connectivity index (χ2v) is 8.95. The Morgan fingerprint density at radius 3 is 2.39 bits per heavy atom. The molecule has 4 nitrogen and oxygen atoms in total. The number of carboxylic acid groups (broad SMARTS) is 1. The van der Waals surface area contributed by atoms with Gasteiger partial charge in [-0.1, -0.05) is 39.7 Å². The molecule has 3 aromatic rings. The van der Waals surface area contributed by atoms with E-state index in [-0.39, 0.29) is 0 Å². The Bertz CT molecular complexity index is 1040. The number of fused-ring (bicyclic) bond motifs is 1. The summed E-state index contributed by atoms with van der Waals surface area (Å²) in [6, 6.07) is 13.1. The number of aromatic nitrogens is 1. The van der Waals surface area contributed by atoms with E-state index in [1.54, 1.807) is 12.1 Å². The normalized spacial score (nSPS) is 12.9. The maximum atomic E-state index is 12.2. The van der Waals surface area contributed by atoms with Crippen molar-refractivity contribution in [3.05, 3.63) is 63.2 Å². The molecule has 0 saturated carbocycles. The highest BCUT2D eigenvalue weighted by Gasteiger charge is 2.32. The average Bonchev–Trinajstić information content (AvgIpc) is 2.59. The molecule has 1 aromatic heterocycles. The van der Waals surface area contributed by atoms with Crippen molar-refractivity contribution in [1.82, 2.24) is 4.98 Å². The molecule has 0 aliphatic rings. The summed E-state index contributed by atoms with van der Waals surface area (Å²) in [5.74, 6) is -1.05. The highest BCUT2D eigenvalue weighted by atomic mass is 79.9. The van der Waals surface area contributed by atoms with E-state index >= 15 is 0 Å². The van der Waals surface area contributed by atoms with E-state index in [1.165, 1.54) is 0 Å². The van der Waals surface area contributed by atoms with Crippen LogP contribution < -0.4 is 0 Å². The number of aliphatic carboxylic acids is 1. The van der Waals surface area contributed by atoms with Gasteiger partial charge in [-0.05, 0) is 69.2 Å². The number of benzene rings is 2. The van der Waals surface area contributed by atoms with Gasteiger partial charge in [0.1, 0.15) is 0 Å². The van der Waals surface area contributed by atoms with E-state index < -0.39 is 17.7 Å². The van der Waals surface area contributed by atoms with Crippen LogP contribution in [0, 0.1) is 6.92 Å². The molecule has 1 N–H and O–H groups in total. The van der Waals surface area contributed by atoms with E-state index in [1.807, 2.05) is 58.0 Å². The van der Waals surface area contributed by atoms with Gasteiger partial charge in [0, 0.05) is 26.1 Å². The monoisotopic (exact) mass is 461 g/mol. The number of carboxylic acids is 1. The zero-order valence-corrected chi connectivity index (χ0v) is 18.4. The minimum Gasteiger partial charge on any atom is -0.479 e. The summed E-state index contributed by atoms with van der Waals surface area (Å²) in [7, 11) is 0. The Morgan fingerprint density at radius 1 is 1.18 bits per heavy atom. The zero-order valence-electron chi connectivity index (χ0n) is 16.1. The predicted molar refractivity (Wildman–Crippen MR) is 116 cm³/mol. The molecule has 0 radical (unpaired) electrons. The summed E-state index contributed by atoms with van der Waals surface area (Å²) in [5.41, 5.74) is 2.97. The van der Waals surface area contributed by atoms with Gasteiger partial charge in [0.15, 0.2) is 6.10 Å². The third-order valence-corrected chi connectivity index (χ3v) is 5.01. The van der Waals surface area contributed by atoms with Gasteiger partial charge < -0.3 is 9.84 Å². The Morgan fingerprint density at radius 2 is 1.82 bits per heavy atom. The maximum absolute atomic E-state index is 12.2. The van der Waals surface area contributed by atoms with Crippen LogP contribution in [0.4, 0.5) is 0 Å². The minimum absolute atomic E-state index is 0.551. The number of rotatable bonds is 4. The highest BCUT2D eigenvalue weighted by Crippen LogP contribution is 2.40. The van der Waals surface area contributed by atoms with Gasteiger partial charge in [0.25, 0.3) is 0 Å². The van der Waals surface area contributed by atoms with Gasteiger partial charge in [-0.15, -0.1) is 0 Å². The van der Waals surface area contributed by atoms with Crippen molar-refractivity contribution in [3.63, 3.8) is 0 Å². The maximum Gasteiger partial charge on any atom is 0.337 e. The first-order chi connectivity index (χ1) is 13.1. The molecule has 0 fully saturated rings. The van der Waals surface area contributed by atoms with Crippen LogP contribution in [-0.4, -0.2) is 21.7 Å². The van der Waals surface area contributed by atoms with Crippen molar-refractivity contribution in [3.8, 4) is 11.1 Å². The molecule has 0 aliphatic carbocycles. The van der Waals surface area contributed by atoms with Crippen LogP contribution in [-0.2, 0) is 9.53 Å². The van der Waals surface area contributed by atoms with Gasteiger partial charge in [-0.2, -0.15) is 0 Å². The molecular formula is C22H21BrClNO3. The lowest BCUT2D eigenvalue weighted by atomic mass is 9.91. The number of ether oxygens (including phenoxy) is 1. The number of pyridine rings is 1. The number of nitrogens with zero attached hydrogens (tertiary/aromatic N) is 1. The minimum atomic E-state index is -1.15. The molecule has 1 atom stereocenters. The van der Waals surface area contributed by atoms with Crippen molar-refractivity contribution in [2.75, 3.05) is 0 Å². The molecule has 0 saturated heterocycles. The summed E-state index contributed by atoms with van der Waals surface area (Å²) in [6.07, 6.45) is -1.15. The molecule has 6 heteroatoms. The lowest BCUT2D eigenvalue weighted by Gasteiger charge is -2.28. The molecule has 0 unspecified atom stereocenters. The molecule has 28 heavy (non-hydrogen) atoms. The van der Waals surface area contributed by atoms with Crippen LogP contribution in [0.5, 0.6) is 0 Å². The Hall–Kier alpha value is -1.95. The van der Waals surface area contributed by atoms with Gasteiger partial charge in [0.2, 0.25) is 0 Å². The second-order valence-electron chi connectivity index (χ2n) is 7.60. The van der Waals surface area contributed by atoms with Gasteiger partial charge in [-0.3, -0.25) is 4.98 Å². The second kappa shape index (κ2) is 7.82. The smallest absolute Gasteiger partial charge is 0.337 e. The fourth-order valence-electron chi connectivity index (χ4n) is 3.21. The molecule has 0 bridgehead atoms. The van der Waals surface area contributed by atoms with Crippen molar-refractivity contribution in [1.29, 1.82) is 0 Å². The van der Waals surface area contributed by atoms with E-state index in [0.29, 0.717) is 16.3 Å². The molecule has 3 rings (SSSR count). The molecule has 0 aliphatic heterocycles. The standard InChI is InChI=1S/C22H21BrClNO3/c1-12-18(20(21(26)27)28-22(2,3)4)19(13-5-8-15(24)9-6-13)16-11-14(23)7-10-17(16)25-12/h5-11,20H,1-4H3,(H,26,27)/t20-/m0/s1. The molecule has 1 heterocycles. The first kappa shape index (κ1) is 20.8. The first-order valence-corrected chi connectivity index (χ1v) is 10.0. The van der Waals surface area contributed by atoms with Crippen LogP contribution in [0.1, 0.15) is 38.1 Å². The molecular weight excluding hydrogens is 442 g/mol. The molecule has 0 spiro atoms. The van der Waals surface area contributed by atoms with Crippen LogP contribution >= 0.6 is 27.5 Å². The number of hydrogen-bond donors (Lipinski definition) is 1. The molecule has 0 amide bonds. The molecule has 2 aromatic carbocycles. The van der Waals surface area contributed by atoms with Gasteiger partial charge in [0.05, 0.1) is 11.1 Å². The van der Waals surface area contributed by atoms with Crippen LogP contribution in [0.15, 0.2) is 46.9 Å². The zero-order chi connectivity index (χ0) is 20.6. The van der Waals surface area contributed by atoms with Crippen LogP contribution in [0.25, 0.3) is 22.0 Å². The van der Waals surface area contributed by atoms with Crippen molar-refractivity contribution >= 4 is 44.4 Å². The van der Waals surface area contributed by atoms with E-state index in [4.69, 9.17) is 16.3 Å². The van der Waals surface area contributed by atoms with Crippen molar-refractivity contribution in [2.24, 2.45) is 0 Å². The number of hydrogen-bond acceptors (Lipinski definition) is 3. The SMILES string of the molecule is Cc1nc2ccc(Br)cc2c(-c2ccc(Cl)cc2)c1[C@H](OC(C)(C)C)C(=O)O. The third kappa shape index (κ3) is 4.37. The lowest BCUT2D eigenvalue weighted by Crippen LogP contribution is -2.28. The Balaban J connectivity index is 2.40. The summed E-state index contributed by atoms with van der Waals surface area (Å²) in [5, 5.41) is 11.4. The number of carbonyl (C=O) groups is 1. The summed E-state index contributed by atoms with van der Waals surface area (Å²) in [4.78, 5) is 16.9. The Kier molecular flexibility index (Phi) is 5.80. The van der Waals surface area contributed by atoms with Crippen molar-refractivity contribution < 1.29 is 14.6 Å². The first-order valence-electron chi connectivity index (χ1n) is 8.83. The fraction of sp³-hybridized carbons (Fsp3) is 0.273. The number of aryl methyl sites for hydroxylation is 1. The topological polar surface area (TPSA) is 59.4 Å². The third-order valence-electron chi connectivity index (χ3n) is 4.27. The molecule has 146 valence electrons. The van der Waals surface area contributed by atoms with E-state index in [0.717, 1.165) is 26.5 Å². The highest BCUT2D eigenvalue weighted by molar-refractivity contribution is 9.10.